The Balaban J connectivity index is 1.76. The summed E-state index contributed by atoms with van der Waals surface area (Å²) in [5, 5.41) is 3.18. The number of carbonyl (C=O) groups is 1. The molecule has 0 saturated carbocycles. The first kappa shape index (κ1) is 17.0. The fraction of sp³-hybridized carbons (Fsp3) is 0.100. The third-order valence-corrected chi connectivity index (χ3v) is 4.13. The van der Waals surface area contributed by atoms with Crippen molar-refractivity contribution in [3.63, 3.8) is 0 Å². The van der Waals surface area contributed by atoms with Crippen LogP contribution in [0.25, 0.3) is 0 Å². The van der Waals surface area contributed by atoms with Crippen molar-refractivity contribution < 1.29 is 4.79 Å². The van der Waals surface area contributed by atoms with E-state index in [-0.39, 0.29) is 5.91 Å². The van der Waals surface area contributed by atoms with Crippen LogP contribution < -0.4 is 10.2 Å². The van der Waals surface area contributed by atoms with E-state index in [9.17, 15) is 4.79 Å². The van der Waals surface area contributed by atoms with Gasteiger partial charge in [0.15, 0.2) is 0 Å². The molecule has 0 unspecified atom stereocenters. The van der Waals surface area contributed by atoms with E-state index in [1.54, 1.807) is 36.5 Å². The molecule has 1 heterocycles. The van der Waals surface area contributed by atoms with Crippen LogP contribution in [0.3, 0.4) is 0 Å². The van der Waals surface area contributed by atoms with Gasteiger partial charge in [0.25, 0.3) is 5.91 Å². The van der Waals surface area contributed by atoms with Crippen LogP contribution in [-0.4, -0.2) is 17.4 Å². The van der Waals surface area contributed by atoms with E-state index in [1.165, 1.54) is 0 Å². The van der Waals surface area contributed by atoms with Crippen molar-refractivity contribution in [2.24, 2.45) is 0 Å². The summed E-state index contributed by atoms with van der Waals surface area (Å²) in [5.74, 6) is 0.207. The molecule has 1 N–H and O–H groups in total. The van der Waals surface area contributed by atoms with Gasteiger partial charge < -0.3 is 10.2 Å². The smallest absolute Gasteiger partial charge is 0.258 e. The van der Waals surface area contributed by atoms with Gasteiger partial charge in [-0.2, -0.15) is 0 Å². The minimum Gasteiger partial charge on any atom is -0.341 e. The number of benzene rings is 2. The van der Waals surface area contributed by atoms with Crippen LogP contribution >= 0.6 is 11.6 Å². The van der Waals surface area contributed by atoms with Gasteiger partial charge in [0.2, 0.25) is 0 Å². The normalized spacial score (nSPS) is 10.3. The van der Waals surface area contributed by atoms with Crippen molar-refractivity contribution in [2.75, 3.05) is 16.8 Å². The van der Waals surface area contributed by atoms with Crippen LogP contribution in [0.2, 0.25) is 5.02 Å². The van der Waals surface area contributed by atoms with Gasteiger partial charge in [-0.3, -0.25) is 4.79 Å². The molecule has 5 heteroatoms. The highest BCUT2D eigenvalue weighted by atomic mass is 35.5. The zero-order valence-corrected chi connectivity index (χ0v) is 14.6. The second kappa shape index (κ2) is 7.81. The summed E-state index contributed by atoms with van der Waals surface area (Å²) in [4.78, 5) is 18.8. The van der Waals surface area contributed by atoms with Crippen LogP contribution in [0, 0.1) is 0 Å². The van der Waals surface area contributed by atoms with Crippen molar-refractivity contribution >= 4 is 34.7 Å². The van der Waals surface area contributed by atoms with Gasteiger partial charge in [-0.1, -0.05) is 41.9 Å². The highest BCUT2D eigenvalue weighted by molar-refractivity contribution is 6.34. The van der Waals surface area contributed by atoms with Crippen molar-refractivity contribution in [1.82, 2.24) is 4.98 Å². The molecule has 0 saturated heterocycles. The molecule has 126 valence electrons. The number of nitrogens with zero attached hydrogens (tertiary/aromatic N) is 2. The molecule has 0 spiro atoms. The SMILES string of the molecule is CCN(c1ccccc1)c1ccc(NC(=O)c2ccccc2Cl)nc1. The minimum absolute atomic E-state index is 0.277. The predicted molar refractivity (Wildman–Crippen MR) is 103 cm³/mol. The lowest BCUT2D eigenvalue weighted by molar-refractivity contribution is 0.102. The Hall–Kier alpha value is -2.85. The highest BCUT2D eigenvalue weighted by Crippen LogP contribution is 2.25. The van der Waals surface area contributed by atoms with Gasteiger partial charge in [-0.15, -0.1) is 0 Å². The van der Waals surface area contributed by atoms with Crippen LogP contribution in [0.15, 0.2) is 72.9 Å². The number of halogens is 1. The molecular weight excluding hydrogens is 334 g/mol. The third kappa shape index (κ3) is 3.98. The average molecular weight is 352 g/mol. The quantitative estimate of drug-likeness (QED) is 0.691. The van der Waals surface area contributed by atoms with Gasteiger partial charge >= 0.3 is 0 Å². The molecule has 0 aliphatic heterocycles. The summed E-state index contributed by atoms with van der Waals surface area (Å²) in [7, 11) is 0. The Labute approximate surface area is 152 Å². The summed E-state index contributed by atoms with van der Waals surface area (Å²) in [6.45, 7) is 2.90. The standard InChI is InChI=1S/C20H18ClN3O/c1-2-24(15-8-4-3-5-9-15)16-12-13-19(22-14-16)23-20(25)17-10-6-7-11-18(17)21/h3-14H,2H2,1H3,(H,22,23,25). The molecule has 3 rings (SSSR count). The van der Waals surface area contributed by atoms with Gasteiger partial charge in [-0.05, 0) is 43.3 Å². The van der Waals surface area contributed by atoms with Gasteiger partial charge in [0, 0.05) is 12.2 Å². The summed E-state index contributed by atoms with van der Waals surface area (Å²) >= 11 is 6.05. The lowest BCUT2D eigenvalue weighted by Gasteiger charge is -2.23. The molecule has 0 aliphatic carbocycles. The first-order chi connectivity index (χ1) is 12.2. The number of carbonyl (C=O) groups excluding carboxylic acids is 1. The maximum Gasteiger partial charge on any atom is 0.258 e. The number of hydrogen-bond acceptors (Lipinski definition) is 3. The van der Waals surface area contributed by atoms with E-state index in [4.69, 9.17) is 11.6 Å². The number of nitrogens with one attached hydrogen (secondary N) is 1. The summed E-state index contributed by atoms with van der Waals surface area (Å²) < 4.78 is 0. The van der Waals surface area contributed by atoms with Gasteiger partial charge in [0.05, 0.1) is 22.5 Å². The Morgan fingerprint density at radius 1 is 1.00 bits per heavy atom. The van der Waals surface area contributed by atoms with Crippen LogP contribution in [0.5, 0.6) is 0 Å². The first-order valence-corrected chi connectivity index (χ1v) is 8.41. The molecule has 1 aromatic heterocycles. The Kier molecular flexibility index (Phi) is 5.31. The Morgan fingerprint density at radius 2 is 1.72 bits per heavy atom. The fourth-order valence-corrected chi connectivity index (χ4v) is 2.79. The molecule has 4 nitrogen and oxygen atoms in total. The second-order valence-corrected chi connectivity index (χ2v) is 5.82. The van der Waals surface area contributed by atoms with Crippen molar-refractivity contribution in [2.45, 2.75) is 6.92 Å². The largest absolute Gasteiger partial charge is 0.341 e. The van der Waals surface area contributed by atoms with E-state index in [0.717, 1.165) is 17.9 Å². The number of pyridine rings is 1. The summed E-state index contributed by atoms with van der Waals surface area (Å²) in [5.41, 5.74) is 2.48. The van der Waals surface area contributed by atoms with Crippen LogP contribution in [0.4, 0.5) is 17.2 Å². The first-order valence-electron chi connectivity index (χ1n) is 8.03. The monoisotopic (exact) mass is 351 g/mol. The maximum absolute atomic E-state index is 12.3. The van der Waals surface area contributed by atoms with E-state index in [0.29, 0.717) is 16.4 Å². The van der Waals surface area contributed by atoms with E-state index >= 15 is 0 Å². The van der Waals surface area contributed by atoms with Gasteiger partial charge in [0.1, 0.15) is 5.82 Å². The average Bonchev–Trinajstić information content (AvgIpc) is 2.65. The van der Waals surface area contributed by atoms with Crippen molar-refractivity contribution in [1.29, 1.82) is 0 Å². The zero-order valence-electron chi connectivity index (χ0n) is 13.8. The van der Waals surface area contributed by atoms with Crippen LogP contribution in [0.1, 0.15) is 17.3 Å². The number of aromatic nitrogens is 1. The second-order valence-electron chi connectivity index (χ2n) is 5.42. The number of anilines is 3. The molecule has 0 radical (unpaired) electrons. The molecule has 0 aliphatic rings. The number of rotatable bonds is 5. The van der Waals surface area contributed by atoms with Crippen LogP contribution in [-0.2, 0) is 0 Å². The number of amides is 1. The minimum atomic E-state index is -0.277. The van der Waals surface area contributed by atoms with Crippen molar-refractivity contribution in [3.05, 3.63) is 83.5 Å². The van der Waals surface area contributed by atoms with E-state index in [1.807, 2.05) is 24.3 Å². The highest BCUT2D eigenvalue weighted by Gasteiger charge is 2.11. The topological polar surface area (TPSA) is 45.2 Å². The fourth-order valence-electron chi connectivity index (χ4n) is 2.57. The molecule has 1 amide bonds. The molecule has 0 atom stereocenters. The Morgan fingerprint density at radius 3 is 2.36 bits per heavy atom. The lowest BCUT2D eigenvalue weighted by Crippen LogP contribution is -2.17. The molecule has 0 fully saturated rings. The van der Waals surface area contributed by atoms with E-state index < -0.39 is 0 Å². The summed E-state index contributed by atoms with van der Waals surface area (Å²) in [6, 6.07) is 20.8. The molecule has 2 aromatic carbocycles. The predicted octanol–water partition coefficient (Wildman–Crippen LogP) is 5.15. The zero-order chi connectivity index (χ0) is 17.6. The van der Waals surface area contributed by atoms with E-state index in [2.05, 4.69) is 34.3 Å². The Bertz CT molecular complexity index is 850. The third-order valence-electron chi connectivity index (χ3n) is 3.80. The number of para-hydroxylation sites is 1. The molecule has 3 aromatic rings. The maximum atomic E-state index is 12.3. The van der Waals surface area contributed by atoms with Gasteiger partial charge in [-0.25, -0.2) is 4.98 Å². The molecule has 25 heavy (non-hydrogen) atoms. The molecule has 0 bridgehead atoms. The lowest BCUT2D eigenvalue weighted by atomic mass is 10.2. The molecular formula is C20H18ClN3O. The number of hydrogen-bond donors (Lipinski definition) is 1. The summed E-state index contributed by atoms with van der Waals surface area (Å²) in [6.07, 6.45) is 1.75. The van der Waals surface area contributed by atoms with Crippen molar-refractivity contribution in [3.8, 4) is 0 Å².